The van der Waals surface area contributed by atoms with Gasteiger partial charge in [0.1, 0.15) is 11.5 Å². The maximum atomic E-state index is 12.6. The van der Waals surface area contributed by atoms with Gasteiger partial charge in [-0.2, -0.15) is 10.2 Å². The van der Waals surface area contributed by atoms with E-state index in [1.165, 1.54) is 9.25 Å². The van der Waals surface area contributed by atoms with E-state index in [1.807, 2.05) is 13.8 Å². The number of aryl methyl sites for hydroxylation is 1. The molecule has 0 bridgehead atoms. The first-order valence-electron chi connectivity index (χ1n) is 8.81. The fourth-order valence-corrected chi connectivity index (χ4v) is 4.00. The van der Waals surface area contributed by atoms with E-state index in [9.17, 15) is 14.4 Å². The Bertz CT molecular complexity index is 1000. The van der Waals surface area contributed by atoms with Crippen molar-refractivity contribution in [1.29, 1.82) is 0 Å². The number of fused-ring (bicyclic) bond motifs is 1. The van der Waals surface area contributed by atoms with Crippen molar-refractivity contribution in [3.05, 3.63) is 44.5 Å². The van der Waals surface area contributed by atoms with Crippen LogP contribution >= 0.6 is 0 Å². The van der Waals surface area contributed by atoms with Crippen molar-refractivity contribution in [2.75, 3.05) is 13.1 Å². The third-order valence-corrected chi connectivity index (χ3v) is 5.34. The van der Waals surface area contributed by atoms with Crippen LogP contribution in [-0.2, 0) is 20.0 Å². The number of nitrogens with zero attached hydrogens (tertiary/aromatic N) is 6. The number of carbonyl (C=O) groups is 1. The first-order chi connectivity index (χ1) is 12.3. The van der Waals surface area contributed by atoms with Crippen LogP contribution in [0.5, 0.6) is 0 Å². The van der Waals surface area contributed by atoms with Gasteiger partial charge in [0.05, 0.1) is 6.04 Å². The number of rotatable bonds is 2. The summed E-state index contributed by atoms with van der Waals surface area (Å²) in [5.74, 6) is 0.538. The van der Waals surface area contributed by atoms with Crippen LogP contribution in [-0.4, -0.2) is 48.0 Å². The highest BCUT2D eigenvalue weighted by atomic mass is 16.2. The van der Waals surface area contributed by atoms with Gasteiger partial charge in [-0.05, 0) is 26.3 Å². The van der Waals surface area contributed by atoms with Crippen molar-refractivity contribution < 1.29 is 4.79 Å². The van der Waals surface area contributed by atoms with E-state index in [4.69, 9.17) is 0 Å². The Morgan fingerprint density at radius 3 is 2.62 bits per heavy atom. The highest BCUT2D eigenvalue weighted by Gasteiger charge is 2.46. The molecule has 0 N–H and O–H groups in total. The fourth-order valence-electron chi connectivity index (χ4n) is 4.00. The van der Waals surface area contributed by atoms with Gasteiger partial charge in [-0.25, -0.2) is 4.68 Å². The van der Waals surface area contributed by atoms with Crippen LogP contribution in [0.2, 0.25) is 0 Å². The number of amides is 1. The van der Waals surface area contributed by atoms with Gasteiger partial charge in [0.25, 0.3) is 5.91 Å². The summed E-state index contributed by atoms with van der Waals surface area (Å²) < 4.78 is 4.36. The second-order valence-electron chi connectivity index (χ2n) is 7.68. The molecule has 1 amide bonds. The zero-order valence-corrected chi connectivity index (χ0v) is 15.2. The van der Waals surface area contributed by atoms with E-state index in [2.05, 4.69) is 10.2 Å². The summed E-state index contributed by atoms with van der Waals surface area (Å²) in [5, 5.41) is 8.59. The topological polar surface area (TPSA) is 95.0 Å². The Kier molecular flexibility index (Phi) is 3.64. The molecule has 0 aliphatic carbocycles. The largest absolute Gasteiger partial charge is 0.337 e. The van der Waals surface area contributed by atoms with E-state index in [0.717, 1.165) is 6.42 Å². The number of carbonyl (C=O) groups excluding carboxylic acids is 1. The van der Waals surface area contributed by atoms with Crippen molar-refractivity contribution in [2.24, 2.45) is 12.5 Å². The zero-order valence-electron chi connectivity index (χ0n) is 15.2. The third-order valence-electron chi connectivity index (χ3n) is 5.34. The predicted octanol–water partition coefficient (Wildman–Crippen LogP) is -0.192. The molecule has 0 unspecified atom stereocenters. The number of hydrogen-bond donors (Lipinski definition) is 0. The molecule has 1 spiro atoms. The minimum absolute atomic E-state index is 0.0968. The molecule has 0 aromatic carbocycles. The normalized spacial score (nSPS) is 21.8. The van der Waals surface area contributed by atoms with Crippen molar-refractivity contribution in [2.45, 2.75) is 39.3 Å². The lowest BCUT2D eigenvalue weighted by Gasteiger charge is -2.22. The Hall–Kier alpha value is -2.71. The molecule has 1 saturated heterocycles. The average molecular weight is 358 g/mol. The van der Waals surface area contributed by atoms with Gasteiger partial charge in [0.15, 0.2) is 0 Å². The summed E-state index contributed by atoms with van der Waals surface area (Å²) in [6.45, 7) is 5.26. The first-order valence-corrected chi connectivity index (χ1v) is 8.81. The molecule has 2 aromatic heterocycles. The van der Waals surface area contributed by atoms with Crippen molar-refractivity contribution in [3.8, 4) is 0 Å². The van der Waals surface area contributed by atoms with Gasteiger partial charge in [-0.1, -0.05) is 0 Å². The molecule has 1 atom stereocenters. The van der Waals surface area contributed by atoms with Crippen LogP contribution in [0, 0.1) is 5.41 Å². The highest BCUT2D eigenvalue weighted by molar-refractivity contribution is 5.92. The van der Waals surface area contributed by atoms with Crippen molar-refractivity contribution in [1.82, 2.24) is 29.0 Å². The van der Waals surface area contributed by atoms with Crippen LogP contribution in [0.15, 0.2) is 21.9 Å². The molecular weight excluding hydrogens is 336 g/mol. The molecule has 9 nitrogen and oxygen atoms in total. The summed E-state index contributed by atoms with van der Waals surface area (Å²) in [5.41, 5.74) is -0.906. The molecule has 4 rings (SSSR count). The lowest BCUT2D eigenvalue weighted by atomic mass is 9.86. The number of aromatic nitrogens is 5. The Morgan fingerprint density at radius 1 is 1.19 bits per heavy atom. The van der Waals surface area contributed by atoms with Gasteiger partial charge in [-0.3, -0.25) is 23.6 Å². The maximum absolute atomic E-state index is 12.6. The number of likely N-dealkylation sites (tertiary alicyclic amines) is 1. The Labute approximate surface area is 149 Å². The SMILES string of the molecule is CC(C)n1nc2n(c(=O)c1=O)C[C@@]1(CCN(C(=O)c3ccn(C)n3)C1)C2. The molecular formula is C17H22N6O3. The van der Waals surface area contributed by atoms with Gasteiger partial charge in [-0.15, -0.1) is 0 Å². The van der Waals surface area contributed by atoms with Crippen LogP contribution < -0.4 is 11.1 Å². The summed E-state index contributed by atoms with van der Waals surface area (Å²) in [4.78, 5) is 39.1. The van der Waals surface area contributed by atoms with E-state index in [1.54, 1.807) is 28.9 Å². The molecule has 26 heavy (non-hydrogen) atoms. The summed E-state index contributed by atoms with van der Waals surface area (Å²) in [6.07, 6.45) is 3.12. The zero-order chi connectivity index (χ0) is 18.6. The van der Waals surface area contributed by atoms with Crippen LogP contribution in [0.1, 0.15) is 42.6 Å². The highest BCUT2D eigenvalue weighted by Crippen LogP contribution is 2.39. The third kappa shape index (κ3) is 2.49. The Morgan fingerprint density at radius 2 is 1.96 bits per heavy atom. The lowest BCUT2D eigenvalue weighted by Crippen LogP contribution is -2.44. The smallest absolute Gasteiger partial charge is 0.332 e. The van der Waals surface area contributed by atoms with Crippen molar-refractivity contribution in [3.63, 3.8) is 0 Å². The van der Waals surface area contributed by atoms with Gasteiger partial charge < -0.3 is 4.90 Å². The second kappa shape index (κ2) is 5.65. The molecule has 4 heterocycles. The number of hydrogen-bond acceptors (Lipinski definition) is 5. The predicted molar refractivity (Wildman–Crippen MR) is 93.0 cm³/mol. The molecule has 0 saturated carbocycles. The molecule has 1 fully saturated rings. The molecule has 9 heteroatoms. The fraction of sp³-hybridized carbons (Fsp3) is 0.588. The van der Waals surface area contributed by atoms with Crippen molar-refractivity contribution >= 4 is 5.91 Å². The quantitative estimate of drug-likeness (QED) is 0.694. The van der Waals surface area contributed by atoms with Gasteiger partial charge in [0.2, 0.25) is 0 Å². The molecule has 0 radical (unpaired) electrons. The summed E-state index contributed by atoms with van der Waals surface area (Å²) in [7, 11) is 1.78. The lowest BCUT2D eigenvalue weighted by molar-refractivity contribution is 0.0765. The maximum Gasteiger partial charge on any atom is 0.332 e. The van der Waals surface area contributed by atoms with Crippen LogP contribution in [0.4, 0.5) is 0 Å². The van der Waals surface area contributed by atoms with Gasteiger partial charge >= 0.3 is 11.1 Å². The van der Waals surface area contributed by atoms with E-state index in [-0.39, 0.29) is 17.4 Å². The first kappa shape index (κ1) is 16.7. The van der Waals surface area contributed by atoms with Gasteiger partial charge in [0, 0.05) is 44.7 Å². The Balaban J connectivity index is 1.60. The monoisotopic (exact) mass is 358 g/mol. The summed E-state index contributed by atoms with van der Waals surface area (Å²) >= 11 is 0. The summed E-state index contributed by atoms with van der Waals surface area (Å²) in [6, 6.07) is 1.54. The second-order valence-corrected chi connectivity index (χ2v) is 7.68. The van der Waals surface area contributed by atoms with Crippen LogP contribution in [0.25, 0.3) is 0 Å². The van der Waals surface area contributed by atoms with E-state index < -0.39 is 11.1 Å². The van der Waals surface area contributed by atoms with E-state index in [0.29, 0.717) is 37.6 Å². The minimum Gasteiger partial charge on any atom is -0.337 e. The molecule has 2 aliphatic rings. The van der Waals surface area contributed by atoms with E-state index >= 15 is 0 Å². The molecule has 2 aliphatic heterocycles. The average Bonchev–Trinajstić information content (AvgIpc) is 3.29. The van der Waals surface area contributed by atoms with Crippen LogP contribution in [0.3, 0.4) is 0 Å². The molecule has 138 valence electrons. The minimum atomic E-state index is -0.583. The molecule has 2 aromatic rings. The standard InChI is InChI=1S/C17H22N6O3/c1-11(2)23-16(26)15(25)22-10-17(8-13(22)19-23)5-7-21(9-17)14(24)12-4-6-20(3)18-12/h4,6,11H,5,7-10H2,1-3H3/t17-/m0/s1.